The predicted octanol–water partition coefficient (Wildman–Crippen LogP) is 2.73. The molecule has 1 amide bonds. The average Bonchev–Trinajstić information content (AvgIpc) is 3.14. The Morgan fingerprint density at radius 1 is 1.12 bits per heavy atom. The van der Waals surface area contributed by atoms with E-state index in [2.05, 4.69) is 4.90 Å². The topological polar surface area (TPSA) is 42.0 Å². The molecule has 1 aromatic carbocycles. The Balaban J connectivity index is 1.36. The molecule has 5 heteroatoms. The Morgan fingerprint density at radius 3 is 2.62 bits per heavy atom. The van der Waals surface area contributed by atoms with Crippen LogP contribution in [0.2, 0.25) is 0 Å². The van der Waals surface area contributed by atoms with Crippen LogP contribution in [0.15, 0.2) is 24.3 Å². The minimum absolute atomic E-state index is 0.191. The van der Waals surface area contributed by atoms with E-state index in [4.69, 9.17) is 9.47 Å². The third-order valence-electron chi connectivity index (χ3n) is 5.30. The lowest BCUT2D eigenvalue weighted by Crippen LogP contribution is -2.34. The Bertz CT molecular complexity index is 555. The van der Waals surface area contributed by atoms with E-state index in [9.17, 15) is 4.79 Å². The molecule has 3 rings (SSSR count). The van der Waals surface area contributed by atoms with Gasteiger partial charge in [-0.3, -0.25) is 4.79 Å². The SMILES string of the molecule is CCOc1ccc(CC(=O)N2CCC(OCCN3CCCCC3)C2)cc1. The van der Waals surface area contributed by atoms with Crippen LogP contribution in [0.4, 0.5) is 0 Å². The summed E-state index contributed by atoms with van der Waals surface area (Å²) < 4.78 is 11.5. The second-order valence-corrected chi connectivity index (χ2v) is 7.28. The Labute approximate surface area is 157 Å². The lowest BCUT2D eigenvalue weighted by molar-refractivity contribution is -0.130. The molecule has 1 atom stereocenters. The molecule has 0 radical (unpaired) electrons. The quantitative estimate of drug-likeness (QED) is 0.715. The van der Waals surface area contributed by atoms with Gasteiger partial charge < -0.3 is 19.3 Å². The highest BCUT2D eigenvalue weighted by Crippen LogP contribution is 2.17. The number of benzene rings is 1. The van der Waals surface area contributed by atoms with Gasteiger partial charge in [-0.25, -0.2) is 0 Å². The maximum Gasteiger partial charge on any atom is 0.227 e. The van der Waals surface area contributed by atoms with E-state index < -0.39 is 0 Å². The minimum atomic E-state index is 0.191. The number of likely N-dealkylation sites (tertiary alicyclic amines) is 2. The summed E-state index contributed by atoms with van der Waals surface area (Å²) in [5.74, 6) is 1.04. The van der Waals surface area contributed by atoms with Gasteiger partial charge in [0.05, 0.1) is 25.7 Å². The first-order valence-electron chi connectivity index (χ1n) is 10.1. The largest absolute Gasteiger partial charge is 0.494 e. The summed E-state index contributed by atoms with van der Waals surface area (Å²) in [6.07, 6.45) is 5.60. The third-order valence-corrected chi connectivity index (χ3v) is 5.30. The number of hydrogen-bond donors (Lipinski definition) is 0. The van der Waals surface area contributed by atoms with Crippen molar-refractivity contribution in [2.75, 3.05) is 45.9 Å². The molecule has 2 heterocycles. The molecule has 0 aromatic heterocycles. The molecule has 1 aromatic rings. The number of ether oxygens (including phenoxy) is 2. The van der Waals surface area contributed by atoms with E-state index in [-0.39, 0.29) is 12.0 Å². The Hall–Kier alpha value is -1.59. The highest BCUT2D eigenvalue weighted by atomic mass is 16.5. The van der Waals surface area contributed by atoms with Crippen LogP contribution < -0.4 is 4.74 Å². The van der Waals surface area contributed by atoms with Crippen molar-refractivity contribution in [3.63, 3.8) is 0 Å². The summed E-state index contributed by atoms with van der Waals surface area (Å²) in [6, 6.07) is 7.82. The number of carbonyl (C=O) groups excluding carboxylic acids is 1. The molecule has 0 spiro atoms. The molecule has 0 N–H and O–H groups in total. The molecule has 2 aliphatic rings. The van der Waals surface area contributed by atoms with Crippen molar-refractivity contribution in [3.05, 3.63) is 29.8 Å². The Morgan fingerprint density at radius 2 is 1.88 bits per heavy atom. The van der Waals surface area contributed by atoms with Crippen molar-refractivity contribution in [1.82, 2.24) is 9.80 Å². The van der Waals surface area contributed by atoms with Gasteiger partial charge in [-0.1, -0.05) is 18.6 Å². The maximum atomic E-state index is 12.5. The average molecular weight is 360 g/mol. The summed E-state index contributed by atoms with van der Waals surface area (Å²) in [6.45, 7) is 8.39. The van der Waals surface area contributed by atoms with Crippen molar-refractivity contribution >= 4 is 5.91 Å². The molecule has 0 aliphatic carbocycles. The van der Waals surface area contributed by atoms with Crippen LogP contribution in [0, 0.1) is 0 Å². The predicted molar refractivity (Wildman–Crippen MR) is 103 cm³/mol. The Kier molecular flexibility index (Phi) is 7.32. The number of amides is 1. The summed E-state index contributed by atoms with van der Waals surface area (Å²) in [4.78, 5) is 17.0. The fraction of sp³-hybridized carbons (Fsp3) is 0.667. The van der Waals surface area contributed by atoms with Gasteiger partial charge >= 0.3 is 0 Å². The summed E-state index contributed by atoms with van der Waals surface area (Å²) >= 11 is 0. The number of nitrogens with zero attached hydrogens (tertiary/aromatic N) is 2. The van der Waals surface area contributed by atoms with Gasteiger partial charge in [0, 0.05) is 19.6 Å². The van der Waals surface area contributed by atoms with Crippen LogP contribution in [-0.4, -0.2) is 67.7 Å². The number of hydrogen-bond acceptors (Lipinski definition) is 4. The van der Waals surface area contributed by atoms with Crippen molar-refractivity contribution in [3.8, 4) is 5.75 Å². The van der Waals surface area contributed by atoms with Gasteiger partial charge in [0.15, 0.2) is 0 Å². The molecule has 5 nitrogen and oxygen atoms in total. The first kappa shape index (κ1) is 19.2. The smallest absolute Gasteiger partial charge is 0.227 e. The summed E-state index contributed by atoms with van der Waals surface area (Å²) in [5, 5.41) is 0. The normalized spacial score (nSPS) is 21.1. The van der Waals surface area contributed by atoms with E-state index >= 15 is 0 Å². The summed E-state index contributed by atoms with van der Waals surface area (Å²) in [7, 11) is 0. The third kappa shape index (κ3) is 5.71. The van der Waals surface area contributed by atoms with Crippen LogP contribution in [0.5, 0.6) is 5.75 Å². The van der Waals surface area contributed by atoms with E-state index in [1.807, 2.05) is 36.1 Å². The van der Waals surface area contributed by atoms with E-state index in [1.54, 1.807) is 0 Å². The highest BCUT2D eigenvalue weighted by molar-refractivity contribution is 5.79. The van der Waals surface area contributed by atoms with Crippen molar-refractivity contribution in [1.29, 1.82) is 0 Å². The number of piperidine rings is 1. The zero-order valence-electron chi connectivity index (χ0n) is 16.0. The molecular formula is C21H32N2O3. The monoisotopic (exact) mass is 360 g/mol. The molecular weight excluding hydrogens is 328 g/mol. The molecule has 26 heavy (non-hydrogen) atoms. The van der Waals surface area contributed by atoms with Crippen LogP contribution in [0.1, 0.15) is 38.2 Å². The lowest BCUT2D eigenvalue weighted by atomic mass is 10.1. The van der Waals surface area contributed by atoms with E-state index in [0.29, 0.717) is 13.0 Å². The van der Waals surface area contributed by atoms with Crippen LogP contribution >= 0.6 is 0 Å². The highest BCUT2D eigenvalue weighted by Gasteiger charge is 2.26. The molecule has 2 saturated heterocycles. The van der Waals surface area contributed by atoms with Crippen LogP contribution in [-0.2, 0) is 16.0 Å². The molecule has 2 aliphatic heterocycles. The van der Waals surface area contributed by atoms with Gasteiger partial charge in [0.25, 0.3) is 0 Å². The lowest BCUT2D eigenvalue weighted by Gasteiger charge is -2.26. The molecule has 1 unspecified atom stereocenters. The summed E-state index contributed by atoms with van der Waals surface area (Å²) in [5.41, 5.74) is 1.04. The fourth-order valence-electron chi connectivity index (χ4n) is 3.78. The first-order chi connectivity index (χ1) is 12.7. The second kappa shape index (κ2) is 9.93. The van der Waals surface area contributed by atoms with Gasteiger partial charge in [0.1, 0.15) is 5.75 Å². The van der Waals surface area contributed by atoms with Gasteiger partial charge in [-0.05, 0) is 57.0 Å². The molecule has 0 saturated carbocycles. The first-order valence-corrected chi connectivity index (χ1v) is 10.1. The molecule has 2 fully saturated rings. The molecule has 144 valence electrons. The van der Waals surface area contributed by atoms with E-state index in [0.717, 1.165) is 44.0 Å². The zero-order valence-corrected chi connectivity index (χ0v) is 16.0. The number of carbonyl (C=O) groups is 1. The van der Waals surface area contributed by atoms with Gasteiger partial charge in [-0.15, -0.1) is 0 Å². The molecule has 0 bridgehead atoms. The second-order valence-electron chi connectivity index (χ2n) is 7.28. The van der Waals surface area contributed by atoms with E-state index in [1.165, 1.54) is 32.4 Å². The van der Waals surface area contributed by atoms with Crippen molar-refractivity contribution < 1.29 is 14.3 Å². The van der Waals surface area contributed by atoms with Crippen molar-refractivity contribution in [2.45, 2.75) is 45.1 Å². The van der Waals surface area contributed by atoms with Crippen LogP contribution in [0.25, 0.3) is 0 Å². The maximum absolute atomic E-state index is 12.5. The van der Waals surface area contributed by atoms with Crippen LogP contribution in [0.3, 0.4) is 0 Å². The standard InChI is InChI=1S/C21H32N2O3/c1-2-25-19-8-6-18(7-9-19)16-21(24)23-13-10-20(17-23)26-15-14-22-11-4-3-5-12-22/h6-9,20H,2-5,10-17H2,1H3. The van der Waals surface area contributed by atoms with Gasteiger partial charge in [0.2, 0.25) is 5.91 Å². The zero-order chi connectivity index (χ0) is 18.2. The van der Waals surface area contributed by atoms with Gasteiger partial charge in [-0.2, -0.15) is 0 Å². The number of rotatable bonds is 8. The minimum Gasteiger partial charge on any atom is -0.494 e. The fourth-order valence-corrected chi connectivity index (χ4v) is 3.78. The van der Waals surface area contributed by atoms with Crippen molar-refractivity contribution in [2.24, 2.45) is 0 Å².